The summed E-state index contributed by atoms with van der Waals surface area (Å²) in [6.45, 7) is 7.21. The molecule has 158 valence electrons. The predicted molar refractivity (Wildman–Crippen MR) is 122 cm³/mol. The van der Waals surface area contributed by atoms with Crippen molar-refractivity contribution in [3.63, 3.8) is 0 Å². The maximum absolute atomic E-state index is 6.69. The third kappa shape index (κ3) is 4.13. The quantitative estimate of drug-likeness (QED) is 0.618. The van der Waals surface area contributed by atoms with Gasteiger partial charge >= 0.3 is 0 Å². The van der Waals surface area contributed by atoms with Crippen molar-refractivity contribution in [1.29, 1.82) is 0 Å². The minimum atomic E-state index is 0.202. The second kappa shape index (κ2) is 8.62. The topological polar surface area (TPSA) is 103 Å². The first-order valence-electron chi connectivity index (χ1n) is 10.3. The van der Waals surface area contributed by atoms with E-state index in [-0.39, 0.29) is 5.95 Å². The van der Waals surface area contributed by atoms with Crippen LogP contribution in [0.25, 0.3) is 22.2 Å². The van der Waals surface area contributed by atoms with Gasteiger partial charge < -0.3 is 21.1 Å². The number of pyridine rings is 1. The van der Waals surface area contributed by atoms with E-state index in [0.717, 1.165) is 47.6 Å². The number of hydrogen-bond acceptors (Lipinski definition) is 7. The Morgan fingerprint density at radius 1 is 1.30 bits per heavy atom. The lowest BCUT2D eigenvalue weighted by Gasteiger charge is -2.23. The SMILES string of the molecule is CC(C)COc1cccc(Cl)c1-c1cc2cnc(N)nc2nc1N1CC[C@@H](CN)C1. The number of anilines is 2. The van der Waals surface area contributed by atoms with E-state index in [0.29, 0.717) is 35.7 Å². The maximum Gasteiger partial charge on any atom is 0.222 e. The zero-order chi connectivity index (χ0) is 21.3. The number of nitrogens with two attached hydrogens (primary N) is 2. The minimum Gasteiger partial charge on any atom is -0.493 e. The molecule has 1 aliphatic rings. The highest BCUT2D eigenvalue weighted by molar-refractivity contribution is 6.34. The van der Waals surface area contributed by atoms with Crippen LogP contribution >= 0.6 is 11.6 Å². The summed E-state index contributed by atoms with van der Waals surface area (Å²) >= 11 is 6.69. The molecule has 1 aromatic carbocycles. The smallest absolute Gasteiger partial charge is 0.222 e. The molecular formula is C22H27ClN6O. The molecule has 0 radical (unpaired) electrons. The Labute approximate surface area is 181 Å². The molecule has 0 unspecified atom stereocenters. The van der Waals surface area contributed by atoms with Crippen LogP contribution < -0.4 is 21.1 Å². The molecule has 3 heterocycles. The monoisotopic (exact) mass is 426 g/mol. The highest BCUT2D eigenvalue weighted by atomic mass is 35.5. The molecule has 4 N–H and O–H groups in total. The third-order valence-electron chi connectivity index (χ3n) is 5.30. The predicted octanol–water partition coefficient (Wildman–Crippen LogP) is 3.75. The first-order chi connectivity index (χ1) is 14.5. The molecule has 1 atom stereocenters. The Morgan fingerprint density at radius 2 is 2.13 bits per heavy atom. The van der Waals surface area contributed by atoms with Crippen molar-refractivity contribution in [3.05, 3.63) is 35.5 Å². The van der Waals surface area contributed by atoms with Gasteiger partial charge in [0.25, 0.3) is 0 Å². The lowest BCUT2D eigenvalue weighted by atomic mass is 10.0. The van der Waals surface area contributed by atoms with Gasteiger partial charge in [0.1, 0.15) is 11.6 Å². The summed E-state index contributed by atoms with van der Waals surface area (Å²) in [6, 6.07) is 7.75. The van der Waals surface area contributed by atoms with E-state index >= 15 is 0 Å². The summed E-state index contributed by atoms with van der Waals surface area (Å²) in [5.74, 6) is 2.59. The van der Waals surface area contributed by atoms with Crippen molar-refractivity contribution < 1.29 is 4.74 Å². The van der Waals surface area contributed by atoms with Crippen LogP contribution in [0.15, 0.2) is 30.5 Å². The van der Waals surface area contributed by atoms with Crippen LogP contribution in [0, 0.1) is 11.8 Å². The fourth-order valence-electron chi connectivity index (χ4n) is 3.75. The third-order valence-corrected chi connectivity index (χ3v) is 5.62. The zero-order valence-corrected chi connectivity index (χ0v) is 18.1. The molecular weight excluding hydrogens is 400 g/mol. The molecule has 0 saturated carbocycles. The second-order valence-corrected chi connectivity index (χ2v) is 8.56. The molecule has 30 heavy (non-hydrogen) atoms. The lowest BCUT2D eigenvalue weighted by Crippen LogP contribution is -2.24. The van der Waals surface area contributed by atoms with Crippen LogP contribution in [0.1, 0.15) is 20.3 Å². The van der Waals surface area contributed by atoms with E-state index in [1.165, 1.54) is 0 Å². The van der Waals surface area contributed by atoms with E-state index in [1.54, 1.807) is 6.20 Å². The average Bonchev–Trinajstić information content (AvgIpc) is 3.20. The summed E-state index contributed by atoms with van der Waals surface area (Å²) in [5.41, 5.74) is 14.0. The van der Waals surface area contributed by atoms with Crippen molar-refractivity contribution >= 4 is 34.4 Å². The number of nitrogen functional groups attached to an aromatic ring is 1. The number of fused-ring (bicyclic) bond motifs is 1. The summed E-state index contributed by atoms with van der Waals surface area (Å²) in [5, 5.41) is 1.41. The van der Waals surface area contributed by atoms with Crippen LogP contribution in [-0.4, -0.2) is 41.2 Å². The van der Waals surface area contributed by atoms with Gasteiger partial charge in [-0.25, -0.2) is 9.97 Å². The van der Waals surface area contributed by atoms with E-state index in [4.69, 9.17) is 32.8 Å². The standard InChI is InChI=1S/C22H27ClN6O/c1-13(2)12-30-18-5-3-4-17(23)19(18)16-8-15-10-26-22(25)28-20(15)27-21(16)29-7-6-14(9-24)11-29/h3-5,8,10,13-14H,6-7,9,11-12,24H2,1-2H3,(H2,25,26,27,28)/t14-/m0/s1. The molecule has 3 aromatic rings. The van der Waals surface area contributed by atoms with Gasteiger partial charge in [0.15, 0.2) is 5.65 Å². The summed E-state index contributed by atoms with van der Waals surface area (Å²) in [6.07, 6.45) is 2.72. The molecule has 0 spiro atoms. The molecule has 7 nitrogen and oxygen atoms in total. The molecule has 1 fully saturated rings. The second-order valence-electron chi connectivity index (χ2n) is 8.15. The Kier molecular flexibility index (Phi) is 5.92. The van der Waals surface area contributed by atoms with Gasteiger partial charge in [-0.2, -0.15) is 4.98 Å². The summed E-state index contributed by atoms with van der Waals surface area (Å²) < 4.78 is 6.12. The van der Waals surface area contributed by atoms with Gasteiger partial charge in [0.2, 0.25) is 5.95 Å². The molecule has 1 aliphatic heterocycles. The Balaban J connectivity index is 1.89. The summed E-state index contributed by atoms with van der Waals surface area (Å²) in [4.78, 5) is 15.6. The van der Waals surface area contributed by atoms with Gasteiger partial charge in [0.05, 0.1) is 11.6 Å². The van der Waals surface area contributed by atoms with Crippen molar-refractivity contribution in [2.24, 2.45) is 17.6 Å². The van der Waals surface area contributed by atoms with E-state index < -0.39 is 0 Å². The highest BCUT2D eigenvalue weighted by Gasteiger charge is 2.27. The zero-order valence-electron chi connectivity index (χ0n) is 17.3. The Bertz CT molecular complexity index is 1060. The van der Waals surface area contributed by atoms with Gasteiger partial charge in [-0.15, -0.1) is 0 Å². The largest absolute Gasteiger partial charge is 0.493 e. The lowest BCUT2D eigenvalue weighted by molar-refractivity contribution is 0.272. The number of halogens is 1. The van der Waals surface area contributed by atoms with Crippen LogP contribution in [0.5, 0.6) is 5.75 Å². The molecule has 0 bridgehead atoms. The van der Waals surface area contributed by atoms with E-state index in [1.807, 2.05) is 24.3 Å². The fraction of sp³-hybridized carbons (Fsp3) is 0.409. The Hall–Kier alpha value is -2.64. The maximum atomic E-state index is 6.69. The van der Waals surface area contributed by atoms with Crippen LogP contribution in [0.2, 0.25) is 5.02 Å². The first-order valence-corrected chi connectivity index (χ1v) is 10.6. The first kappa shape index (κ1) is 20.6. The number of nitrogens with zero attached hydrogens (tertiary/aromatic N) is 4. The fourth-order valence-corrected chi connectivity index (χ4v) is 4.02. The van der Waals surface area contributed by atoms with Crippen LogP contribution in [-0.2, 0) is 0 Å². The molecule has 0 aliphatic carbocycles. The number of benzene rings is 1. The van der Waals surface area contributed by atoms with Gasteiger partial charge in [-0.05, 0) is 43.0 Å². The number of ether oxygens (including phenoxy) is 1. The van der Waals surface area contributed by atoms with Crippen molar-refractivity contribution in [2.75, 3.05) is 36.9 Å². The normalized spacial score (nSPS) is 16.6. The number of aromatic nitrogens is 3. The molecule has 0 amide bonds. The van der Waals surface area contributed by atoms with Gasteiger partial charge in [-0.1, -0.05) is 31.5 Å². The van der Waals surface area contributed by atoms with Gasteiger partial charge in [0, 0.05) is 35.8 Å². The summed E-state index contributed by atoms with van der Waals surface area (Å²) in [7, 11) is 0. The Morgan fingerprint density at radius 3 is 2.87 bits per heavy atom. The van der Waals surface area contributed by atoms with Gasteiger partial charge in [-0.3, -0.25) is 0 Å². The average molecular weight is 427 g/mol. The minimum absolute atomic E-state index is 0.202. The number of hydrogen-bond donors (Lipinski definition) is 2. The number of rotatable bonds is 6. The van der Waals surface area contributed by atoms with Crippen LogP contribution in [0.4, 0.5) is 11.8 Å². The van der Waals surface area contributed by atoms with E-state index in [2.05, 4.69) is 28.7 Å². The van der Waals surface area contributed by atoms with E-state index in [9.17, 15) is 0 Å². The molecule has 2 aromatic heterocycles. The molecule has 4 rings (SSSR count). The van der Waals surface area contributed by atoms with Crippen molar-refractivity contribution in [3.8, 4) is 16.9 Å². The molecule has 1 saturated heterocycles. The highest BCUT2D eigenvalue weighted by Crippen LogP contribution is 2.43. The van der Waals surface area contributed by atoms with Crippen LogP contribution in [0.3, 0.4) is 0 Å². The molecule has 8 heteroatoms. The van der Waals surface area contributed by atoms with Crippen molar-refractivity contribution in [1.82, 2.24) is 15.0 Å². The van der Waals surface area contributed by atoms with Crippen molar-refractivity contribution in [2.45, 2.75) is 20.3 Å².